The van der Waals surface area contributed by atoms with E-state index >= 15 is 8.78 Å². The monoisotopic (exact) mass is 707 g/mol. The first-order valence-corrected chi connectivity index (χ1v) is 18.0. The lowest BCUT2D eigenvalue weighted by molar-refractivity contribution is -0.130. The van der Waals surface area contributed by atoms with Crippen molar-refractivity contribution in [2.75, 3.05) is 71.2 Å². The Bertz CT molecular complexity index is 1960. The summed E-state index contributed by atoms with van der Waals surface area (Å²) < 4.78 is 56.2. The van der Waals surface area contributed by atoms with Crippen molar-refractivity contribution in [2.45, 2.75) is 63.6 Å². The molecule has 0 bridgehead atoms. The topological polar surface area (TPSA) is 122 Å². The van der Waals surface area contributed by atoms with Gasteiger partial charge in [-0.15, -0.1) is 0 Å². The number of benzene rings is 2. The Morgan fingerprint density at radius 2 is 1.88 bits per heavy atom. The second-order valence-electron chi connectivity index (χ2n) is 15.8. The third-order valence-electron chi connectivity index (χ3n) is 11.5. The van der Waals surface area contributed by atoms with Crippen molar-refractivity contribution < 1.29 is 37.9 Å². The van der Waals surface area contributed by atoms with Crippen LogP contribution in [0.3, 0.4) is 0 Å². The van der Waals surface area contributed by atoms with E-state index in [0.29, 0.717) is 37.0 Å². The maximum Gasteiger partial charge on any atom is 0.319 e. The molecule has 1 unspecified atom stereocenters. The number of aliphatic hydroxyl groups is 1. The molecule has 2 aromatic carbocycles. The molecule has 1 aliphatic carbocycles. The van der Waals surface area contributed by atoms with Gasteiger partial charge in [0.1, 0.15) is 39.6 Å². The number of methoxy groups -OCH3 is 1. The first-order valence-electron chi connectivity index (χ1n) is 18.0. The minimum Gasteiger partial charge on any atom is -0.508 e. The van der Waals surface area contributed by atoms with Crippen LogP contribution in [0, 0.1) is 16.6 Å². The van der Waals surface area contributed by atoms with Crippen LogP contribution in [0.15, 0.2) is 30.3 Å². The van der Waals surface area contributed by atoms with Gasteiger partial charge in [-0.05, 0) is 68.3 Å². The van der Waals surface area contributed by atoms with E-state index in [9.17, 15) is 10.2 Å². The highest BCUT2D eigenvalue weighted by molar-refractivity contribution is 5.89. The zero-order valence-corrected chi connectivity index (χ0v) is 29.5. The molecular formula is C38H47F2N5O6. The number of phenolic OH excluding ortho intramolecular Hbond substituents is 1. The Morgan fingerprint density at radius 1 is 1.06 bits per heavy atom. The number of ether oxygens (including phenoxy) is 4. The van der Waals surface area contributed by atoms with Crippen molar-refractivity contribution in [1.82, 2.24) is 20.2 Å². The minimum atomic E-state index is -1.24. The SMILES string of the molecule is COC1=c2c(N3CCOC[C@@](C)(O)C3)nc(OC[C@]34CCC[C@H]3N(CC3(C)COC3)CCC4)nc2=C(F)C(c2cc(O)cc3cccc(F)c23)N1. The molecule has 274 valence electrons. The van der Waals surface area contributed by atoms with Crippen LogP contribution in [0.2, 0.25) is 0 Å². The van der Waals surface area contributed by atoms with E-state index in [2.05, 4.69) is 17.1 Å². The van der Waals surface area contributed by atoms with Gasteiger partial charge in [-0.1, -0.05) is 25.5 Å². The van der Waals surface area contributed by atoms with Crippen LogP contribution < -0.4 is 25.5 Å². The number of nitrogens with zero attached hydrogens (tertiary/aromatic N) is 4. The van der Waals surface area contributed by atoms with Crippen LogP contribution in [0.25, 0.3) is 22.5 Å². The highest BCUT2D eigenvalue weighted by Crippen LogP contribution is 2.49. The number of fused-ring (bicyclic) bond motifs is 3. The van der Waals surface area contributed by atoms with E-state index in [0.717, 1.165) is 58.4 Å². The van der Waals surface area contributed by atoms with E-state index < -0.39 is 23.3 Å². The van der Waals surface area contributed by atoms with Gasteiger partial charge in [-0.25, -0.2) is 8.78 Å². The molecule has 5 aliphatic rings. The molecule has 51 heavy (non-hydrogen) atoms. The number of aromatic nitrogens is 2. The first-order chi connectivity index (χ1) is 24.5. The summed E-state index contributed by atoms with van der Waals surface area (Å²) in [6, 6.07) is 6.45. The van der Waals surface area contributed by atoms with Crippen LogP contribution in [0.5, 0.6) is 11.8 Å². The average Bonchev–Trinajstić information content (AvgIpc) is 3.44. The molecule has 1 aromatic heterocycles. The minimum absolute atomic E-state index is 0.0169. The predicted octanol–water partition coefficient (Wildman–Crippen LogP) is 3.25. The largest absolute Gasteiger partial charge is 0.508 e. The number of aromatic hydroxyl groups is 1. The lowest BCUT2D eigenvalue weighted by Crippen LogP contribution is -2.57. The van der Waals surface area contributed by atoms with Crippen molar-refractivity contribution in [3.63, 3.8) is 0 Å². The standard InChI is InChI=1S/C38H47F2N5O6/c1-36(19-50-20-36)17-44-12-6-11-38(10-5-9-27(38)44)22-51-35-42-32-29(33(43-35)45-13-14-49-21-37(2,47)18-45)34(48-3)41-31(30(32)40)25-16-24(46)15-23-7-4-8-26(39)28(23)25/h4,7-8,15-16,27,31,41,46-47H,5-6,9-14,17-22H2,1-3H3/t27-,31?,37+,38-/m1/s1. The molecule has 5 heterocycles. The Labute approximate surface area is 295 Å². The van der Waals surface area contributed by atoms with E-state index in [-0.39, 0.29) is 63.1 Å². The normalized spacial score (nSPS) is 29.2. The summed E-state index contributed by atoms with van der Waals surface area (Å²) in [7, 11) is 1.45. The fourth-order valence-electron chi connectivity index (χ4n) is 9.13. The smallest absolute Gasteiger partial charge is 0.319 e. The second-order valence-corrected chi connectivity index (χ2v) is 15.8. The highest BCUT2D eigenvalue weighted by atomic mass is 19.1. The summed E-state index contributed by atoms with van der Waals surface area (Å²) in [5.74, 6) is -0.890. The van der Waals surface area contributed by atoms with E-state index in [1.54, 1.807) is 19.1 Å². The number of β-amino-alcohol motifs (C(OH)–C–C–N with tert-alkyl or cyclic N) is 1. The maximum absolute atomic E-state index is 17.2. The predicted molar refractivity (Wildman–Crippen MR) is 187 cm³/mol. The lowest BCUT2D eigenvalue weighted by atomic mass is 9.74. The third kappa shape index (κ3) is 6.25. The average molecular weight is 708 g/mol. The molecular weight excluding hydrogens is 660 g/mol. The molecule has 13 heteroatoms. The fourth-order valence-corrected chi connectivity index (χ4v) is 9.13. The van der Waals surface area contributed by atoms with E-state index in [1.807, 2.05) is 4.90 Å². The maximum atomic E-state index is 17.2. The number of halogens is 2. The van der Waals surface area contributed by atoms with Gasteiger partial charge in [-0.2, -0.15) is 9.97 Å². The number of hydrogen-bond donors (Lipinski definition) is 3. The molecule has 3 saturated heterocycles. The van der Waals surface area contributed by atoms with Gasteiger partial charge in [0.05, 0.1) is 46.7 Å². The molecule has 1 saturated carbocycles. The summed E-state index contributed by atoms with van der Waals surface area (Å²) in [5, 5.41) is 25.7. The number of hydrogen-bond acceptors (Lipinski definition) is 11. The Hall–Kier alpha value is -3.78. The fraction of sp³-hybridized carbons (Fsp3) is 0.579. The van der Waals surface area contributed by atoms with Gasteiger partial charge in [0.2, 0.25) is 5.88 Å². The molecule has 11 nitrogen and oxygen atoms in total. The molecule has 3 aromatic rings. The number of nitrogens with one attached hydrogen (secondary N) is 1. The lowest BCUT2D eigenvalue weighted by Gasteiger charge is -2.50. The van der Waals surface area contributed by atoms with Gasteiger partial charge in [-0.3, -0.25) is 4.90 Å². The van der Waals surface area contributed by atoms with E-state index in [1.165, 1.54) is 25.3 Å². The number of anilines is 1. The number of piperidine rings is 1. The van der Waals surface area contributed by atoms with Crippen molar-refractivity contribution in [1.29, 1.82) is 0 Å². The third-order valence-corrected chi connectivity index (χ3v) is 11.5. The van der Waals surface area contributed by atoms with Crippen molar-refractivity contribution >= 4 is 28.3 Å². The van der Waals surface area contributed by atoms with Gasteiger partial charge in [0.15, 0.2) is 5.83 Å². The Balaban J connectivity index is 1.23. The molecule has 4 atom stereocenters. The Kier molecular flexibility index (Phi) is 8.76. The van der Waals surface area contributed by atoms with Crippen LogP contribution in [0.4, 0.5) is 14.6 Å². The molecule has 3 N–H and O–H groups in total. The van der Waals surface area contributed by atoms with Crippen molar-refractivity contribution in [3.05, 3.63) is 52.3 Å². The summed E-state index contributed by atoms with van der Waals surface area (Å²) in [4.78, 5) is 14.1. The molecule has 8 rings (SSSR count). The molecule has 0 radical (unpaired) electrons. The summed E-state index contributed by atoms with van der Waals surface area (Å²) >= 11 is 0. The molecule has 4 aliphatic heterocycles. The zero-order valence-electron chi connectivity index (χ0n) is 29.5. The molecule has 4 fully saturated rings. The van der Waals surface area contributed by atoms with Crippen LogP contribution >= 0.6 is 0 Å². The van der Waals surface area contributed by atoms with Crippen molar-refractivity contribution in [3.8, 4) is 11.8 Å². The van der Waals surface area contributed by atoms with Crippen LogP contribution in [-0.4, -0.2) is 103 Å². The van der Waals surface area contributed by atoms with E-state index in [4.69, 9.17) is 28.9 Å². The summed E-state index contributed by atoms with van der Waals surface area (Å²) in [5.41, 5.74) is -0.947. The summed E-state index contributed by atoms with van der Waals surface area (Å²) in [6.45, 7) is 8.93. The second kappa shape index (κ2) is 13.0. The first kappa shape index (κ1) is 34.3. The van der Waals surface area contributed by atoms with Gasteiger partial charge < -0.3 is 39.4 Å². The summed E-state index contributed by atoms with van der Waals surface area (Å²) in [6.07, 6.45) is 5.31. The van der Waals surface area contributed by atoms with Crippen LogP contribution in [-0.2, 0) is 14.2 Å². The molecule has 0 amide bonds. The van der Waals surface area contributed by atoms with Crippen LogP contribution in [0.1, 0.15) is 57.6 Å². The molecule has 0 spiro atoms. The van der Waals surface area contributed by atoms with Crippen molar-refractivity contribution in [2.24, 2.45) is 10.8 Å². The zero-order chi connectivity index (χ0) is 35.5. The highest BCUT2D eigenvalue weighted by Gasteiger charge is 2.50. The number of likely N-dealkylation sites (tertiary alicyclic amines) is 1. The van der Waals surface area contributed by atoms with Gasteiger partial charge in [0, 0.05) is 35.3 Å². The number of phenols is 1. The Morgan fingerprint density at radius 3 is 2.67 bits per heavy atom. The van der Waals surface area contributed by atoms with Gasteiger partial charge >= 0.3 is 6.01 Å². The quantitative estimate of drug-likeness (QED) is 0.320. The number of rotatable bonds is 8. The van der Waals surface area contributed by atoms with Gasteiger partial charge in [0.25, 0.3) is 0 Å².